The summed E-state index contributed by atoms with van der Waals surface area (Å²) in [6, 6.07) is 5.83. The fourth-order valence-electron chi connectivity index (χ4n) is 4.24. The Morgan fingerprint density at radius 3 is 2.75 bits per heavy atom. The van der Waals surface area contributed by atoms with Gasteiger partial charge in [-0.1, -0.05) is 11.8 Å². The number of furan rings is 1. The second kappa shape index (κ2) is 10.4. The van der Waals surface area contributed by atoms with Crippen molar-refractivity contribution in [1.29, 1.82) is 0 Å². The van der Waals surface area contributed by atoms with Crippen LogP contribution in [0.4, 0.5) is 5.95 Å². The number of ketones is 1. The molecule has 0 aliphatic carbocycles. The average Bonchev–Trinajstić information content (AvgIpc) is 3.57. The fraction of sp³-hybridized carbons (Fsp3) is 0.522. The van der Waals surface area contributed by atoms with Crippen LogP contribution in [0.3, 0.4) is 0 Å². The SMILES string of the molecule is COCCCn1c(C)cc(C(=O)CSc2nnc(N3CCCC3)n2Cc2ccco2)c1C. The van der Waals surface area contributed by atoms with E-state index in [1.807, 2.05) is 32.0 Å². The number of aryl methyl sites for hydroxylation is 1. The summed E-state index contributed by atoms with van der Waals surface area (Å²) in [5.74, 6) is 2.12. The smallest absolute Gasteiger partial charge is 0.228 e. The summed E-state index contributed by atoms with van der Waals surface area (Å²) >= 11 is 1.44. The summed E-state index contributed by atoms with van der Waals surface area (Å²) in [6.07, 6.45) is 4.92. The predicted octanol–water partition coefficient (Wildman–Crippen LogP) is 3.95. The summed E-state index contributed by atoms with van der Waals surface area (Å²) in [4.78, 5) is 15.3. The highest BCUT2D eigenvalue weighted by molar-refractivity contribution is 7.99. The van der Waals surface area contributed by atoms with Gasteiger partial charge >= 0.3 is 0 Å². The Kier molecular flexibility index (Phi) is 7.36. The van der Waals surface area contributed by atoms with E-state index in [4.69, 9.17) is 9.15 Å². The molecular weight excluding hydrogens is 426 g/mol. The Morgan fingerprint density at radius 2 is 2.03 bits per heavy atom. The number of hydrogen-bond donors (Lipinski definition) is 0. The van der Waals surface area contributed by atoms with E-state index in [1.165, 1.54) is 11.8 Å². The maximum atomic E-state index is 13.1. The largest absolute Gasteiger partial charge is 0.467 e. The highest BCUT2D eigenvalue weighted by atomic mass is 32.2. The lowest BCUT2D eigenvalue weighted by Crippen LogP contribution is -2.22. The zero-order chi connectivity index (χ0) is 22.5. The van der Waals surface area contributed by atoms with Gasteiger partial charge in [0.1, 0.15) is 5.76 Å². The van der Waals surface area contributed by atoms with Crippen LogP contribution in [-0.2, 0) is 17.8 Å². The molecular formula is C23H31N5O3S. The molecule has 0 bridgehead atoms. The molecule has 8 nitrogen and oxygen atoms in total. The van der Waals surface area contributed by atoms with Crippen LogP contribution in [0.15, 0.2) is 34.0 Å². The molecule has 9 heteroatoms. The molecule has 32 heavy (non-hydrogen) atoms. The second-order valence-corrected chi connectivity index (χ2v) is 9.08. The van der Waals surface area contributed by atoms with Crippen LogP contribution in [0, 0.1) is 13.8 Å². The van der Waals surface area contributed by atoms with Crippen molar-refractivity contribution in [2.24, 2.45) is 0 Å². The molecule has 1 saturated heterocycles. The monoisotopic (exact) mass is 457 g/mol. The molecule has 4 rings (SSSR count). The first-order valence-electron chi connectivity index (χ1n) is 11.1. The topological polar surface area (TPSA) is 78.3 Å². The molecule has 0 spiro atoms. The molecule has 0 aromatic carbocycles. The van der Waals surface area contributed by atoms with Gasteiger partial charge in [0.25, 0.3) is 0 Å². The molecule has 0 amide bonds. The molecule has 0 N–H and O–H groups in total. The van der Waals surface area contributed by atoms with E-state index in [-0.39, 0.29) is 5.78 Å². The minimum Gasteiger partial charge on any atom is -0.467 e. The number of anilines is 1. The molecule has 1 aliphatic heterocycles. The Balaban J connectivity index is 1.48. The van der Waals surface area contributed by atoms with Crippen molar-refractivity contribution in [2.45, 2.75) is 51.4 Å². The van der Waals surface area contributed by atoms with E-state index < -0.39 is 0 Å². The Hall–Kier alpha value is -2.52. The van der Waals surface area contributed by atoms with Crippen molar-refractivity contribution < 1.29 is 13.9 Å². The van der Waals surface area contributed by atoms with Gasteiger partial charge < -0.3 is 18.6 Å². The number of methoxy groups -OCH3 is 1. The predicted molar refractivity (Wildman–Crippen MR) is 125 cm³/mol. The van der Waals surface area contributed by atoms with Crippen LogP contribution in [0.1, 0.15) is 46.8 Å². The first kappa shape index (κ1) is 22.7. The maximum Gasteiger partial charge on any atom is 0.228 e. The number of nitrogens with zero attached hydrogens (tertiary/aromatic N) is 5. The molecule has 1 fully saturated rings. The van der Waals surface area contributed by atoms with Gasteiger partial charge in [-0.25, -0.2) is 0 Å². The van der Waals surface area contributed by atoms with Crippen LogP contribution in [-0.4, -0.2) is 57.7 Å². The molecule has 0 atom stereocenters. The van der Waals surface area contributed by atoms with Crippen molar-refractivity contribution in [3.63, 3.8) is 0 Å². The van der Waals surface area contributed by atoms with Gasteiger partial charge in [0.2, 0.25) is 5.95 Å². The van der Waals surface area contributed by atoms with E-state index in [2.05, 4.69) is 24.2 Å². The molecule has 3 aromatic heterocycles. The molecule has 0 saturated carbocycles. The molecule has 1 aliphatic rings. The number of hydrogen-bond acceptors (Lipinski definition) is 7. The average molecular weight is 458 g/mol. The Bertz CT molecular complexity index is 1030. The van der Waals surface area contributed by atoms with Crippen molar-refractivity contribution >= 4 is 23.5 Å². The molecule has 0 radical (unpaired) electrons. The lowest BCUT2D eigenvalue weighted by molar-refractivity contribution is 0.102. The first-order valence-corrected chi connectivity index (χ1v) is 12.1. The van der Waals surface area contributed by atoms with Crippen LogP contribution in [0.25, 0.3) is 0 Å². The van der Waals surface area contributed by atoms with Gasteiger partial charge in [-0.15, -0.1) is 10.2 Å². The summed E-state index contributed by atoms with van der Waals surface area (Å²) in [5.41, 5.74) is 2.90. The number of ether oxygens (including phenoxy) is 1. The molecule has 172 valence electrons. The zero-order valence-electron chi connectivity index (χ0n) is 19.0. The quantitative estimate of drug-likeness (QED) is 0.245. The van der Waals surface area contributed by atoms with Crippen LogP contribution in [0.5, 0.6) is 0 Å². The summed E-state index contributed by atoms with van der Waals surface area (Å²) < 4.78 is 15.0. The normalized spacial score (nSPS) is 13.9. The van der Waals surface area contributed by atoms with Gasteiger partial charge in [0.05, 0.1) is 18.6 Å². The van der Waals surface area contributed by atoms with Crippen LogP contribution >= 0.6 is 11.8 Å². The molecule has 4 heterocycles. The second-order valence-electron chi connectivity index (χ2n) is 8.14. The number of aromatic nitrogens is 4. The minimum atomic E-state index is 0.108. The third kappa shape index (κ3) is 4.94. The lowest BCUT2D eigenvalue weighted by Gasteiger charge is -2.17. The summed E-state index contributed by atoms with van der Waals surface area (Å²) in [5, 5.41) is 9.62. The highest BCUT2D eigenvalue weighted by Crippen LogP contribution is 2.27. The van der Waals surface area contributed by atoms with Crippen molar-refractivity contribution in [3.8, 4) is 0 Å². The fourth-order valence-corrected chi connectivity index (χ4v) is 5.05. The van der Waals surface area contributed by atoms with Crippen molar-refractivity contribution in [3.05, 3.63) is 47.2 Å². The first-order chi connectivity index (χ1) is 15.6. The van der Waals surface area contributed by atoms with Gasteiger partial charge in [-0.2, -0.15) is 0 Å². The van der Waals surface area contributed by atoms with Crippen molar-refractivity contribution in [1.82, 2.24) is 19.3 Å². The van der Waals surface area contributed by atoms with Gasteiger partial charge in [-0.3, -0.25) is 9.36 Å². The van der Waals surface area contributed by atoms with E-state index in [1.54, 1.807) is 13.4 Å². The van der Waals surface area contributed by atoms with Crippen molar-refractivity contribution in [2.75, 3.05) is 37.5 Å². The van der Waals surface area contributed by atoms with E-state index in [9.17, 15) is 4.79 Å². The lowest BCUT2D eigenvalue weighted by atomic mass is 10.2. The van der Waals surface area contributed by atoms with E-state index in [0.29, 0.717) is 18.9 Å². The number of thioether (sulfide) groups is 1. The van der Waals surface area contributed by atoms with Crippen LogP contribution < -0.4 is 4.90 Å². The number of rotatable bonds is 11. The Morgan fingerprint density at radius 1 is 1.22 bits per heavy atom. The van der Waals surface area contributed by atoms with E-state index in [0.717, 1.165) is 72.7 Å². The van der Waals surface area contributed by atoms with E-state index >= 15 is 0 Å². The van der Waals surface area contributed by atoms with Gasteiger partial charge in [-0.05, 0) is 51.3 Å². The summed E-state index contributed by atoms with van der Waals surface area (Å²) in [6.45, 7) is 8.14. The number of carbonyl (C=O) groups excluding carboxylic acids is 1. The molecule has 0 unspecified atom stereocenters. The third-order valence-corrected chi connectivity index (χ3v) is 6.88. The van der Waals surface area contributed by atoms with Gasteiger partial charge in [0, 0.05) is 50.3 Å². The standard InChI is InChI=1S/C23H31N5O3S/c1-17-14-20(18(2)27(17)11-7-12-30-3)21(29)16-32-23-25-24-22(26-9-4-5-10-26)28(23)15-19-8-6-13-31-19/h6,8,13-14H,4-5,7,9-12,15-16H2,1-3H3. The molecule has 3 aromatic rings. The number of Topliss-reactive ketones (excluding diaryl/α,β-unsaturated/α-hetero) is 1. The Labute approximate surface area is 192 Å². The zero-order valence-corrected chi connectivity index (χ0v) is 19.9. The van der Waals surface area contributed by atoms with Crippen LogP contribution in [0.2, 0.25) is 0 Å². The van der Waals surface area contributed by atoms with Gasteiger partial charge in [0.15, 0.2) is 10.9 Å². The highest BCUT2D eigenvalue weighted by Gasteiger charge is 2.23. The minimum absolute atomic E-state index is 0.108. The third-order valence-electron chi connectivity index (χ3n) is 5.92. The summed E-state index contributed by atoms with van der Waals surface area (Å²) in [7, 11) is 1.71. The maximum absolute atomic E-state index is 13.1. The number of carbonyl (C=O) groups is 1.